The molecule has 0 saturated heterocycles. The van der Waals surface area contributed by atoms with Crippen LogP contribution in [0.3, 0.4) is 0 Å². The van der Waals surface area contributed by atoms with Crippen LogP contribution in [0.2, 0.25) is 0 Å². The minimum absolute atomic E-state index is 0.186. The number of carbonyl (C=O) groups is 1. The van der Waals surface area contributed by atoms with Gasteiger partial charge in [0.25, 0.3) is 5.56 Å². The van der Waals surface area contributed by atoms with Gasteiger partial charge in [0.1, 0.15) is 5.82 Å². The molecule has 7 heteroatoms. The third-order valence-corrected chi connectivity index (χ3v) is 7.74. The summed E-state index contributed by atoms with van der Waals surface area (Å²) in [6.07, 6.45) is 0. The van der Waals surface area contributed by atoms with Gasteiger partial charge in [-0.2, -0.15) is 0 Å². The van der Waals surface area contributed by atoms with Crippen molar-refractivity contribution in [3.8, 4) is 5.69 Å². The van der Waals surface area contributed by atoms with Gasteiger partial charge in [0.05, 0.1) is 28.3 Å². The summed E-state index contributed by atoms with van der Waals surface area (Å²) in [7, 11) is 0. The summed E-state index contributed by atoms with van der Waals surface area (Å²) in [4.78, 5) is 34.7. The van der Waals surface area contributed by atoms with Crippen molar-refractivity contribution in [3.05, 3.63) is 148 Å². The second-order valence-electron chi connectivity index (χ2n) is 9.85. The van der Waals surface area contributed by atoms with Crippen LogP contribution in [0.25, 0.3) is 27.4 Å². The number of carbonyl (C=O) groups excluding carboxylic acids is 1. The number of fused-ring (bicyclic) bond motifs is 2. The van der Waals surface area contributed by atoms with E-state index >= 15 is 0 Å². The van der Waals surface area contributed by atoms with Crippen molar-refractivity contribution in [2.24, 2.45) is 0 Å². The second-order valence-corrected chi connectivity index (χ2v) is 10.8. The highest BCUT2D eigenvalue weighted by Gasteiger charge is 2.27. The van der Waals surface area contributed by atoms with E-state index in [0.29, 0.717) is 29.0 Å². The van der Waals surface area contributed by atoms with E-state index in [-0.39, 0.29) is 11.6 Å². The Bertz CT molecular complexity index is 1910. The molecule has 0 aliphatic rings. The summed E-state index contributed by atoms with van der Waals surface area (Å²) in [5.74, 6) is 0.472. The Morgan fingerprint density at radius 3 is 2.27 bits per heavy atom. The number of halogens is 1. The topological polar surface area (TPSA) is 67.2 Å². The molecule has 1 unspecified atom stereocenters. The summed E-state index contributed by atoms with van der Waals surface area (Å²) >= 11 is 3.49. The summed E-state index contributed by atoms with van der Waals surface area (Å²) in [5, 5.41) is 5.64. The Balaban J connectivity index is 1.48. The lowest BCUT2D eigenvalue weighted by atomic mass is 10.1. The van der Waals surface area contributed by atoms with E-state index in [1.54, 1.807) is 15.5 Å². The third kappa shape index (κ3) is 5.36. The van der Waals surface area contributed by atoms with Gasteiger partial charge in [-0.25, -0.2) is 9.78 Å². The minimum atomic E-state index is -0.564. The molecule has 6 nitrogen and oxygen atoms in total. The Labute approximate surface area is 246 Å². The fraction of sp³-hybridized carbons (Fsp3) is 0.0882. The van der Waals surface area contributed by atoms with Crippen molar-refractivity contribution in [3.63, 3.8) is 0 Å². The molecule has 6 aromatic rings. The summed E-state index contributed by atoms with van der Waals surface area (Å²) in [6.45, 7) is 2.24. The molecule has 1 aromatic heterocycles. The lowest BCUT2D eigenvalue weighted by molar-refractivity contribution is 0.185. The van der Waals surface area contributed by atoms with Gasteiger partial charge in [0.2, 0.25) is 0 Å². The molecule has 1 heterocycles. The van der Waals surface area contributed by atoms with Crippen molar-refractivity contribution in [1.82, 2.24) is 14.5 Å². The molecule has 5 aromatic carbocycles. The van der Waals surface area contributed by atoms with Crippen LogP contribution in [0.15, 0.2) is 131 Å². The molecule has 0 bridgehead atoms. The minimum Gasteiger partial charge on any atom is -0.310 e. The number of hydrogen-bond donors (Lipinski definition) is 1. The van der Waals surface area contributed by atoms with Crippen molar-refractivity contribution in [2.45, 2.75) is 19.5 Å². The maximum absolute atomic E-state index is 14.1. The predicted octanol–water partition coefficient (Wildman–Crippen LogP) is 8.10. The van der Waals surface area contributed by atoms with E-state index in [0.717, 1.165) is 26.5 Å². The number of anilines is 1. The molecule has 0 radical (unpaired) electrons. The number of nitrogens with one attached hydrogen (secondary N) is 1. The average molecular weight is 604 g/mol. The van der Waals surface area contributed by atoms with Crippen LogP contribution in [0, 0.1) is 0 Å². The van der Waals surface area contributed by atoms with Crippen LogP contribution in [-0.4, -0.2) is 20.5 Å². The monoisotopic (exact) mass is 602 g/mol. The summed E-state index contributed by atoms with van der Waals surface area (Å²) in [6, 6.07) is 37.6. The molecular formula is C34H27BrN4O2. The van der Waals surface area contributed by atoms with Gasteiger partial charge in [-0.1, -0.05) is 94.8 Å². The zero-order valence-corrected chi connectivity index (χ0v) is 24.0. The Hall–Kier alpha value is -4.75. The fourth-order valence-corrected chi connectivity index (χ4v) is 5.36. The number of para-hydroxylation sites is 1. The largest absolute Gasteiger partial charge is 0.322 e. The SMILES string of the molecule is CC(c1nc2ccccc2c(=O)n1-c1ccc(Br)cc1)N(Cc1ccccc1)C(=O)Nc1cccc2ccccc12. The van der Waals surface area contributed by atoms with Crippen LogP contribution in [0.4, 0.5) is 10.5 Å². The van der Waals surface area contributed by atoms with Gasteiger partial charge in [0.15, 0.2) is 0 Å². The molecule has 0 aliphatic carbocycles. The smallest absolute Gasteiger partial charge is 0.310 e. The quantitative estimate of drug-likeness (QED) is 0.209. The first-order chi connectivity index (χ1) is 20.0. The first kappa shape index (κ1) is 26.5. The number of nitrogens with zero attached hydrogens (tertiary/aromatic N) is 3. The second kappa shape index (κ2) is 11.4. The van der Waals surface area contributed by atoms with Gasteiger partial charge < -0.3 is 10.2 Å². The molecule has 0 saturated carbocycles. The van der Waals surface area contributed by atoms with Gasteiger partial charge in [-0.05, 0) is 60.3 Å². The van der Waals surface area contributed by atoms with E-state index in [4.69, 9.17) is 4.98 Å². The van der Waals surface area contributed by atoms with Gasteiger partial charge in [-0.15, -0.1) is 0 Å². The van der Waals surface area contributed by atoms with Crippen molar-refractivity contribution in [2.75, 3.05) is 5.32 Å². The zero-order chi connectivity index (χ0) is 28.3. The standard InChI is InChI=1S/C34H27BrN4O2/c1-23(32-36-31-16-8-7-15-29(31)33(40)39(32)27-20-18-26(35)19-21-27)38(22-24-10-3-2-4-11-24)34(41)37-30-17-9-13-25-12-5-6-14-28(25)30/h2-21,23H,22H2,1H3,(H,37,41). The highest BCUT2D eigenvalue weighted by atomic mass is 79.9. The normalized spacial score (nSPS) is 11.9. The number of amides is 2. The highest BCUT2D eigenvalue weighted by Crippen LogP contribution is 2.28. The number of hydrogen-bond acceptors (Lipinski definition) is 3. The Kier molecular flexibility index (Phi) is 7.35. The lowest BCUT2D eigenvalue weighted by Gasteiger charge is -2.31. The van der Waals surface area contributed by atoms with Crippen LogP contribution in [0.1, 0.15) is 24.4 Å². The Morgan fingerprint density at radius 1 is 0.829 bits per heavy atom. The van der Waals surface area contributed by atoms with E-state index in [1.807, 2.05) is 122 Å². The van der Waals surface area contributed by atoms with Crippen molar-refractivity contribution >= 4 is 49.3 Å². The molecule has 202 valence electrons. The maximum Gasteiger partial charge on any atom is 0.322 e. The fourth-order valence-electron chi connectivity index (χ4n) is 5.10. The summed E-state index contributed by atoms with van der Waals surface area (Å²) < 4.78 is 2.51. The van der Waals surface area contributed by atoms with Crippen LogP contribution in [0.5, 0.6) is 0 Å². The van der Waals surface area contributed by atoms with Crippen LogP contribution >= 0.6 is 15.9 Å². The number of rotatable bonds is 6. The molecular weight excluding hydrogens is 576 g/mol. The molecule has 41 heavy (non-hydrogen) atoms. The Morgan fingerprint density at radius 2 is 1.49 bits per heavy atom. The van der Waals surface area contributed by atoms with Crippen molar-refractivity contribution in [1.29, 1.82) is 0 Å². The zero-order valence-electron chi connectivity index (χ0n) is 22.4. The first-order valence-corrected chi connectivity index (χ1v) is 14.2. The van der Waals surface area contributed by atoms with Crippen LogP contribution in [-0.2, 0) is 6.54 Å². The number of benzene rings is 5. The molecule has 0 spiro atoms. The van der Waals surface area contributed by atoms with Crippen LogP contribution < -0.4 is 10.9 Å². The maximum atomic E-state index is 14.1. The van der Waals surface area contributed by atoms with E-state index < -0.39 is 6.04 Å². The molecule has 6 rings (SSSR count). The molecule has 2 amide bonds. The average Bonchev–Trinajstić information content (AvgIpc) is 3.01. The van der Waals surface area contributed by atoms with Crippen molar-refractivity contribution < 1.29 is 4.79 Å². The number of urea groups is 1. The van der Waals surface area contributed by atoms with E-state index in [9.17, 15) is 9.59 Å². The number of aromatic nitrogens is 2. The lowest BCUT2D eigenvalue weighted by Crippen LogP contribution is -2.39. The van der Waals surface area contributed by atoms with Gasteiger partial charge in [-0.3, -0.25) is 9.36 Å². The predicted molar refractivity (Wildman–Crippen MR) is 168 cm³/mol. The van der Waals surface area contributed by atoms with Gasteiger partial charge in [0, 0.05) is 16.4 Å². The molecule has 0 fully saturated rings. The van der Waals surface area contributed by atoms with E-state index in [2.05, 4.69) is 21.2 Å². The highest BCUT2D eigenvalue weighted by molar-refractivity contribution is 9.10. The molecule has 1 atom stereocenters. The van der Waals surface area contributed by atoms with E-state index in [1.165, 1.54) is 0 Å². The molecule has 0 aliphatic heterocycles. The summed E-state index contributed by atoms with van der Waals surface area (Å²) in [5.41, 5.74) is 2.75. The first-order valence-electron chi connectivity index (χ1n) is 13.4. The molecule has 1 N–H and O–H groups in total. The third-order valence-electron chi connectivity index (χ3n) is 7.22. The van der Waals surface area contributed by atoms with Gasteiger partial charge >= 0.3 is 6.03 Å².